The van der Waals surface area contributed by atoms with E-state index >= 15 is 0 Å². The quantitative estimate of drug-likeness (QED) is 0.532. The summed E-state index contributed by atoms with van der Waals surface area (Å²) in [5.74, 6) is -0.0666. The molecule has 3 heterocycles. The summed E-state index contributed by atoms with van der Waals surface area (Å²) in [5.41, 5.74) is 13.0. The smallest absolute Gasteiger partial charge is 0.256 e. The molecule has 1 amide bonds. The van der Waals surface area contributed by atoms with E-state index in [1.807, 2.05) is 48.3 Å². The first kappa shape index (κ1) is 18.1. The second-order valence-corrected chi connectivity index (χ2v) is 7.58. The standard InChI is InChI=1S/C24H21N5O/c1-15(21-5-3-4-10-26-21)13-29-14-19-18(8-9-20(25)23(19)24(29)30)16-6-7-17-12-27-28(2)22(17)11-16/h3-12H,1,13-14,25H2,2H3. The summed E-state index contributed by atoms with van der Waals surface area (Å²) in [4.78, 5) is 19.3. The number of benzene rings is 2. The van der Waals surface area contributed by atoms with E-state index in [1.165, 1.54) is 0 Å². The molecule has 6 nitrogen and oxygen atoms in total. The number of carbonyl (C=O) groups is 1. The van der Waals surface area contributed by atoms with Gasteiger partial charge in [-0.1, -0.05) is 30.8 Å². The van der Waals surface area contributed by atoms with Crippen LogP contribution in [0.25, 0.3) is 27.6 Å². The fourth-order valence-electron chi connectivity index (χ4n) is 4.10. The maximum Gasteiger partial charge on any atom is 0.256 e. The highest BCUT2D eigenvalue weighted by Crippen LogP contribution is 2.37. The van der Waals surface area contributed by atoms with Crippen molar-refractivity contribution in [2.75, 3.05) is 12.3 Å². The number of pyridine rings is 1. The van der Waals surface area contributed by atoms with Crippen molar-refractivity contribution in [2.24, 2.45) is 7.05 Å². The number of aromatic nitrogens is 3. The second-order valence-electron chi connectivity index (χ2n) is 7.58. The third-order valence-electron chi connectivity index (χ3n) is 5.66. The van der Waals surface area contributed by atoms with Crippen LogP contribution in [0.15, 0.2) is 67.5 Å². The summed E-state index contributed by atoms with van der Waals surface area (Å²) in [6, 6.07) is 15.7. The van der Waals surface area contributed by atoms with Crippen molar-refractivity contribution in [3.8, 4) is 11.1 Å². The zero-order valence-corrected chi connectivity index (χ0v) is 16.7. The fraction of sp³-hybridized carbons (Fsp3) is 0.125. The van der Waals surface area contributed by atoms with E-state index in [2.05, 4.69) is 34.9 Å². The Morgan fingerprint density at radius 2 is 2.07 bits per heavy atom. The Labute approximate surface area is 174 Å². The number of rotatable bonds is 4. The lowest BCUT2D eigenvalue weighted by molar-refractivity contribution is 0.0800. The van der Waals surface area contributed by atoms with E-state index in [1.54, 1.807) is 11.1 Å². The molecule has 0 fully saturated rings. The van der Waals surface area contributed by atoms with E-state index in [0.29, 0.717) is 24.3 Å². The number of carbonyl (C=O) groups excluding carboxylic acids is 1. The van der Waals surface area contributed by atoms with Crippen molar-refractivity contribution in [1.29, 1.82) is 0 Å². The minimum absolute atomic E-state index is 0.0666. The third kappa shape index (κ3) is 2.85. The summed E-state index contributed by atoms with van der Waals surface area (Å²) in [6.07, 6.45) is 3.58. The van der Waals surface area contributed by atoms with Crippen LogP contribution in [-0.2, 0) is 13.6 Å². The zero-order chi connectivity index (χ0) is 20.8. The van der Waals surface area contributed by atoms with E-state index < -0.39 is 0 Å². The van der Waals surface area contributed by atoms with Gasteiger partial charge in [0.2, 0.25) is 0 Å². The molecular formula is C24H21N5O. The van der Waals surface area contributed by atoms with Crippen LogP contribution in [-0.4, -0.2) is 32.1 Å². The van der Waals surface area contributed by atoms with Gasteiger partial charge in [0.25, 0.3) is 5.91 Å². The number of amides is 1. The normalized spacial score (nSPS) is 13.1. The van der Waals surface area contributed by atoms with Gasteiger partial charge in [0.1, 0.15) is 0 Å². The molecule has 0 unspecified atom stereocenters. The summed E-state index contributed by atoms with van der Waals surface area (Å²) in [5, 5.41) is 5.40. The Morgan fingerprint density at radius 3 is 2.87 bits per heavy atom. The Balaban J connectivity index is 1.52. The Morgan fingerprint density at radius 1 is 1.20 bits per heavy atom. The van der Waals surface area contributed by atoms with Crippen LogP contribution in [0.1, 0.15) is 21.6 Å². The second kappa shape index (κ2) is 6.84. The average molecular weight is 395 g/mol. The number of nitrogens with two attached hydrogens (primary N) is 1. The highest BCUT2D eigenvalue weighted by atomic mass is 16.2. The first-order valence-electron chi connectivity index (χ1n) is 9.75. The molecule has 0 aliphatic carbocycles. The number of hydrogen-bond acceptors (Lipinski definition) is 4. The summed E-state index contributed by atoms with van der Waals surface area (Å²) in [7, 11) is 1.92. The maximum atomic E-state index is 13.2. The third-order valence-corrected chi connectivity index (χ3v) is 5.66. The molecule has 0 spiro atoms. The summed E-state index contributed by atoms with van der Waals surface area (Å²) >= 11 is 0. The molecule has 0 saturated heterocycles. The van der Waals surface area contributed by atoms with Crippen LogP contribution in [0.3, 0.4) is 0 Å². The maximum absolute atomic E-state index is 13.2. The average Bonchev–Trinajstić information content (AvgIpc) is 3.29. The number of nitrogens with zero attached hydrogens (tertiary/aromatic N) is 4. The van der Waals surface area contributed by atoms with Crippen molar-refractivity contribution in [3.63, 3.8) is 0 Å². The van der Waals surface area contributed by atoms with Crippen LogP contribution < -0.4 is 5.73 Å². The van der Waals surface area contributed by atoms with Gasteiger partial charge < -0.3 is 10.6 Å². The molecule has 1 aliphatic rings. The highest BCUT2D eigenvalue weighted by molar-refractivity contribution is 6.06. The van der Waals surface area contributed by atoms with Gasteiger partial charge >= 0.3 is 0 Å². The fourth-order valence-corrected chi connectivity index (χ4v) is 4.10. The Kier molecular flexibility index (Phi) is 4.13. The van der Waals surface area contributed by atoms with Gasteiger partial charge in [0.05, 0.1) is 23.0 Å². The molecule has 0 atom stereocenters. The van der Waals surface area contributed by atoms with Gasteiger partial charge in [-0.3, -0.25) is 14.5 Å². The van der Waals surface area contributed by atoms with Crippen LogP contribution in [0.4, 0.5) is 5.69 Å². The van der Waals surface area contributed by atoms with Gasteiger partial charge in [0.15, 0.2) is 0 Å². The number of nitrogen functional groups attached to an aromatic ring is 1. The van der Waals surface area contributed by atoms with E-state index in [0.717, 1.165) is 38.9 Å². The van der Waals surface area contributed by atoms with Gasteiger partial charge in [-0.25, -0.2) is 0 Å². The predicted octanol–water partition coefficient (Wildman–Crippen LogP) is 3.89. The van der Waals surface area contributed by atoms with E-state index in [9.17, 15) is 4.79 Å². The molecule has 2 N–H and O–H groups in total. The highest BCUT2D eigenvalue weighted by Gasteiger charge is 2.32. The van der Waals surface area contributed by atoms with Gasteiger partial charge in [-0.2, -0.15) is 5.10 Å². The molecule has 4 aromatic rings. The predicted molar refractivity (Wildman–Crippen MR) is 119 cm³/mol. The molecule has 0 bridgehead atoms. The zero-order valence-electron chi connectivity index (χ0n) is 16.7. The lowest BCUT2D eigenvalue weighted by Gasteiger charge is -2.17. The van der Waals surface area contributed by atoms with Gasteiger partial charge in [0, 0.05) is 37.4 Å². The van der Waals surface area contributed by atoms with E-state index in [4.69, 9.17) is 5.73 Å². The molecule has 0 radical (unpaired) electrons. The SMILES string of the molecule is C=C(CN1Cc2c(-c3ccc4cnn(C)c4c3)ccc(N)c2C1=O)c1ccccn1. The van der Waals surface area contributed by atoms with Gasteiger partial charge in [-0.05, 0) is 46.5 Å². The molecule has 0 saturated carbocycles. The topological polar surface area (TPSA) is 77.0 Å². The van der Waals surface area contributed by atoms with Crippen LogP contribution in [0, 0.1) is 0 Å². The number of fused-ring (bicyclic) bond motifs is 2. The summed E-state index contributed by atoms with van der Waals surface area (Å²) < 4.78 is 1.85. The molecule has 1 aliphatic heterocycles. The number of hydrogen-bond donors (Lipinski definition) is 1. The Hall–Kier alpha value is -3.93. The minimum Gasteiger partial charge on any atom is -0.398 e. The van der Waals surface area contributed by atoms with E-state index in [-0.39, 0.29) is 5.91 Å². The van der Waals surface area contributed by atoms with Crippen molar-refractivity contribution >= 4 is 28.1 Å². The minimum atomic E-state index is -0.0666. The lowest BCUT2D eigenvalue weighted by atomic mass is 9.95. The lowest BCUT2D eigenvalue weighted by Crippen LogP contribution is -2.26. The van der Waals surface area contributed by atoms with Gasteiger partial charge in [-0.15, -0.1) is 0 Å². The van der Waals surface area contributed by atoms with Crippen molar-refractivity contribution < 1.29 is 4.79 Å². The molecule has 5 rings (SSSR count). The molecule has 2 aromatic carbocycles. The van der Waals surface area contributed by atoms with Crippen molar-refractivity contribution in [2.45, 2.75) is 6.54 Å². The molecule has 148 valence electrons. The molecular weight excluding hydrogens is 374 g/mol. The first-order chi connectivity index (χ1) is 14.5. The molecule has 30 heavy (non-hydrogen) atoms. The number of aryl methyl sites for hydroxylation is 1. The largest absolute Gasteiger partial charge is 0.398 e. The monoisotopic (exact) mass is 395 g/mol. The first-order valence-corrected chi connectivity index (χ1v) is 9.75. The van der Waals surface area contributed by atoms with Crippen LogP contribution >= 0.6 is 0 Å². The Bertz CT molecular complexity index is 1310. The van der Waals surface area contributed by atoms with Crippen molar-refractivity contribution in [3.05, 3.63) is 84.3 Å². The molecule has 6 heteroatoms. The van der Waals surface area contributed by atoms with Crippen LogP contribution in [0.2, 0.25) is 0 Å². The molecule has 2 aromatic heterocycles. The summed E-state index contributed by atoms with van der Waals surface area (Å²) in [6.45, 7) is 5.03. The van der Waals surface area contributed by atoms with Crippen molar-refractivity contribution in [1.82, 2.24) is 19.7 Å². The van der Waals surface area contributed by atoms with Crippen LogP contribution in [0.5, 0.6) is 0 Å². The number of anilines is 1.